The molecule has 2 unspecified atom stereocenters. The van der Waals surface area contributed by atoms with Crippen molar-refractivity contribution in [1.29, 1.82) is 0 Å². The van der Waals surface area contributed by atoms with Crippen LogP contribution in [0.5, 0.6) is 0 Å². The van der Waals surface area contributed by atoms with Crippen molar-refractivity contribution in [3.05, 3.63) is 30.1 Å². The SMILES string of the molecule is CCC(C)OC(=O)C(OC(=O)C(C)(C)C)c1ccncc1. The van der Waals surface area contributed by atoms with Crippen molar-refractivity contribution in [3.63, 3.8) is 0 Å². The zero-order chi connectivity index (χ0) is 16.0. The Bertz CT molecular complexity index is 479. The lowest BCUT2D eigenvalue weighted by molar-refractivity contribution is -0.176. The number of ether oxygens (including phenoxy) is 2. The lowest BCUT2D eigenvalue weighted by Gasteiger charge is -2.23. The molecule has 0 saturated carbocycles. The number of hydrogen-bond acceptors (Lipinski definition) is 5. The summed E-state index contributed by atoms with van der Waals surface area (Å²) in [7, 11) is 0. The summed E-state index contributed by atoms with van der Waals surface area (Å²) in [5.41, 5.74) is -0.141. The van der Waals surface area contributed by atoms with Gasteiger partial charge in [0.15, 0.2) is 0 Å². The second kappa shape index (κ2) is 7.20. The summed E-state index contributed by atoms with van der Waals surface area (Å²) in [6.07, 6.45) is 2.50. The Labute approximate surface area is 125 Å². The molecule has 116 valence electrons. The first kappa shape index (κ1) is 17.1. The van der Waals surface area contributed by atoms with E-state index in [4.69, 9.17) is 9.47 Å². The van der Waals surface area contributed by atoms with Gasteiger partial charge in [0.05, 0.1) is 11.5 Å². The summed E-state index contributed by atoms with van der Waals surface area (Å²) in [6.45, 7) is 8.92. The van der Waals surface area contributed by atoms with Gasteiger partial charge in [-0.05, 0) is 46.2 Å². The standard InChI is InChI=1S/C16H23NO4/c1-6-11(2)20-14(18)13(12-7-9-17-10-8-12)21-15(19)16(3,4)5/h7-11,13H,6H2,1-5H3. The molecule has 1 rings (SSSR count). The fourth-order valence-electron chi connectivity index (χ4n) is 1.42. The molecule has 2 atom stereocenters. The van der Waals surface area contributed by atoms with Crippen LogP contribution in [-0.4, -0.2) is 23.0 Å². The zero-order valence-corrected chi connectivity index (χ0v) is 13.3. The summed E-state index contributed by atoms with van der Waals surface area (Å²) in [4.78, 5) is 28.2. The number of pyridine rings is 1. The van der Waals surface area contributed by atoms with Gasteiger partial charge in [0.1, 0.15) is 0 Å². The summed E-state index contributed by atoms with van der Waals surface area (Å²) in [5, 5.41) is 0. The number of carbonyl (C=O) groups excluding carboxylic acids is 2. The Balaban J connectivity index is 2.96. The van der Waals surface area contributed by atoms with E-state index in [1.807, 2.05) is 6.92 Å². The highest BCUT2D eigenvalue weighted by molar-refractivity contribution is 5.82. The number of esters is 2. The molecular formula is C16H23NO4. The summed E-state index contributed by atoms with van der Waals surface area (Å²) >= 11 is 0. The highest BCUT2D eigenvalue weighted by Crippen LogP contribution is 2.25. The van der Waals surface area contributed by atoms with Gasteiger partial charge in [-0.3, -0.25) is 9.78 Å². The highest BCUT2D eigenvalue weighted by atomic mass is 16.6. The van der Waals surface area contributed by atoms with Crippen LogP contribution in [0.15, 0.2) is 24.5 Å². The van der Waals surface area contributed by atoms with Crippen molar-refractivity contribution < 1.29 is 19.1 Å². The summed E-state index contributed by atoms with van der Waals surface area (Å²) in [5.74, 6) is -1.02. The van der Waals surface area contributed by atoms with E-state index in [2.05, 4.69) is 4.98 Å². The van der Waals surface area contributed by atoms with Crippen molar-refractivity contribution in [2.75, 3.05) is 0 Å². The van der Waals surface area contributed by atoms with Crippen LogP contribution in [0.3, 0.4) is 0 Å². The fourth-order valence-corrected chi connectivity index (χ4v) is 1.42. The molecule has 0 spiro atoms. The molecule has 0 fully saturated rings. The monoisotopic (exact) mass is 293 g/mol. The number of hydrogen-bond donors (Lipinski definition) is 0. The second-order valence-electron chi connectivity index (χ2n) is 5.97. The topological polar surface area (TPSA) is 65.5 Å². The molecule has 0 aliphatic carbocycles. The van der Waals surface area contributed by atoms with Crippen molar-refractivity contribution >= 4 is 11.9 Å². The van der Waals surface area contributed by atoms with E-state index in [0.29, 0.717) is 12.0 Å². The molecule has 0 saturated heterocycles. The van der Waals surface area contributed by atoms with Gasteiger partial charge in [0, 0.05) is 18.0 Å². The van der Waals surface area contributed by atoms with Crippen LogP contribution in [0, 0.1) is 5.41 Å². The molecule has 1 aromatic heterocycles. The normalized spacial score (nSPS) is 14.1. The maximum absolute atomic E-state index is 12.3. The van der Waals surface area contributed by atoms with E-state index in [-0.39, 0.29) is 6.10 Å². The number of rotatable bonds is 5. The minimum atomic E-state index is -1.06. The van der Waals surface area contributed by atoms with E-state index in [9.17, 15) is 9.59 Å². The smallest absolute Gasteiger partial charge is 0.352 e. The minimum absolute atomic E-state index is 0.227. The quantitative estimate of drug-likeness (QED) is 0.781. The Hall–Kier alpha value is -1.91. The summed E-state index contributed by atoms with van der Waals surface area (Å²) in [6, 6.07) is 3.27. The third-order valence-corrected chi connectivity index (χ3v) is 2.95. The third-order valence-electron chi connectivity index (χ3n) is 2.95. The lowest BCUT2D eigenvalue weighted by atomic mass is 9.97. The van der Waals surface area contributed by atoms with Gasteiger partial charge in [0.2, 0.25) is 6.10 Å². The molecule has 0 amide bonds. The molecule has 1 heterocycles. The van der Waals surface area contributed by atoms with Crippen LogP contribution in [0.2, 0.25) is 0 Å². The van der Waals surface area contributed by atoms with Gasteiger partial charge in [0.25, 0.3) is 0 Å². The molecule has 5 heteroatoms. The predicted molar refractivity (Wildman–Crippen MR) is 78.4 cm³/mol. The van der Waals surface area contributed by atoms with Gasteiger partial charge >= 0.3 is 11.9 Å². The number of aromatic nitrogens is 1. The van der Waals surface area contributed by atoms with Crippen molar-refractivity contribution in [2.24, 2.45) is 5.41 Å². The van der Waals surface area contributed by atoms with Gasteiger partial charge in [-0.15, -0.1) is 0 Å². The Morgan fingerprint density at radius 2 is 1.76 bits per heavy atom. The van der Waals surface area contributed by atoms with Crippen molar-refractivity contribution in [3.8, 4) is 0 Å². The average molecular weight is 293 g/mol. The van der Waals surface area contributed by atoms with Gasteiger partial charge < -0.3 is 9.47 Å². The first-order chi connectivity index (χ1) is 9.75. The third kappa shape index (κ3) is 5.17. The lowest BCUT2D eigenvalue weighted by Crippen LogP contribution is -2.30. The predicted octanol–water partition coefficient (Wildman–Crippen LogP) is 3.05. The molecule has 1 aromatic rings. The average Bonchev–Trinajstić information content (AvgIpc) is 2.43. The van der Waals surface area contributed by atoms with Crippen molar-refractivity contribution in [1.82, 2.24) is 4.98 Å². The molecule has 0 N–H and O–H groups in total. The molecular weight excluding hydrogens is 270 g/mol. The van der Waals surface area contributed by atoms with E-state index in [1.54, 1.807) is 52.2 Å². The van der Waals surface area contributed by atoms with E-state index in [0.717, 1.165) is 0 Å². The van der Waals surface area contributed by atoms with Crippen LogP contribution >= 0.6 is 0 Å². The van der Waals surface area contributed by atoms with Crippen LogP contribution in [-0.2, 0) is 19.1 Å². The number of carbonyl (C=O) groups is 2. The van der Waals surface area contributed by atoms with E-state index in [1.165, 1.54) is 0 Å². The minimum Gasteiger partial charge on any atom is -0.460 e. The van der Waals surface area contributed by atoms with Gasteiger partial charge in [-0.25, -0.2) is 4.79 Å². The summed E-state index contributed by atoms with van der Waals surface area (Å²) < 4.78 is 10.7. The van der Waals surface area contributed by atoms with Gasteiger partial charge in [-0.1, -0.05) is 6.92 Å². The first-order valence-electron chi connectivity index (χ1n) is 7.07. The molecule has 0 bridgehead atoms. The Morgan fingerprint density at radius 1 is 1.19 bits per heavy atom. The number of nitrogens with zero attached hydrogens (tertiary/aromatic N) is 1. The zero-order valence-electron chi connectivity index (χ0n) is 13.3. The maximum atomic E-state index is 12.3. The first-order valence-corrected chi connectivity index (χ1v) is 7.07. The molecule has 0 radical (unpaired) electrons. The van der Waals surface area contributed by atoms with Crippen LogP contribution < -0.4 is 0 Å². The largest absolute Gasteiger partial charge is 0.460 e. The molecule has 0 aromatic carbocycles. The van der Waals surface area contributed by atoms with Crippen LogP contribution in [0.25, 0.3) is 0 Å². The molecule has 0 aliphatic rings. The van der Waals surface area contributed by atoms with Crippen LogP contribution in [0.4, 0.5) is 0 Å². The fraction of sp³-hybridized carbons (Fsp3) is 0.562. The molecule has 0 aliphatic heterocycles. The molecule has 5 nitrogen and oxygen atoms in total. The van der Waals surface area contributed by atoms with Crippen LogP contribution in [0.1, 0.15) is 52.7 Å². The highest BCUT2D eigenvalue weighted by Gasteiger charge is 2.32. The van der Waals surface area contributed by atoms with Crippen molar-refractivity contribution in [2.45, 2.75) is 53.2 Å². The molecule has 21 heavy (non-hydrogen) atoms. The Kier molecular flexibility index (Phi) is 5.88. The van der Waals surface area contributed by atoms with E-state index >= 15 is 0 Å². The van der Waals surface area contributed by atoms with E-state index < -0.39 is 23.5 Å². The van der Waals surface area contributed by atoms with Gasteiger partial charge in [-0.2, -0.15) is 0 Å². The Morgan fingerprint density at radius 3 is 2.24 bits per heavy atom. The second-order valence-corrected chi connectivity index (χ2v) is 5.97. The maximum Gasteiger partial charge on any atom is 0.352 e.